The zero-order chi connectivity index (χ0) is 17.1. The van der Waals surface area contributed by atoms with Gasteiger partial charge in [0.2, 0.25) is 5.91 Å². The maximum absolute atomic E-state index is 12.1. The van der Waals surface area contributed by atoms with Gasteiger partial charge in [-0.15, -0.1) is 0 Å². The number of aromatic nitrogens is 3. The van der Waals surface area contributed by atoms with Crippen LogP contribution in [0.5, 0.6) is 0 Å². The highest BCUT2D eigenvalue weighted by atomic mass is 16.1. The normalized spacial score (nSPS) is 21.2. The third-order valence-electron chi connectivity index (χ3n) is 4.31. The predicted molar refractivity (Wildman–Crippen MR) is 94.7 cm³/mol. The summed E-state index contributed by atoms with van der Waals surface area (Å²) in [5, 5.41) is 3.20. The van der Waals surface area contributed by atoms with Crippen molar-refractivity contribution in [3.8, 4) is 0 Å². The Kier molecular flexibility index (Phi) is 4.92. The van der Waals surface area contributed by atoms with Crippen LogP contribution >= 0.6 is 0 Å². The number of carbonyl (C=O) groups excluding carboxylic acids is 1. The minimum absolute atomic E-state index is 0.142. The molecule has 1 aliphatic rings. The van der Waals surface area contributed by atoms with Crippen LogP contribution in [-0.4, -0.2) is 40.0 Å². The average molecular weight is 327 g/mol. The summed E-state index contributed by atoms with van der Waals surface area (Å²) in [7, 11) is 0. The summed E-state index contributed by atoms with van der Waals surface area (Å²) in [5.74, 6) is 1.02. The number of hydrogen-bond donors (Lipinski definition) is 1. The van der Waals surface area contributed by atoms with E-state index >= 15 is 0 Å². The van der Waals surface area contributed by atoms with Crippen molar-refractivity contribution in [3.05, 3.63) is 24.7 Å². The molecule has 0 radical (unpaired) electrons. The number of anilines is 1. The highest BCUT2D eigenvalue weighted by molar-refractivity contribution is 5.85. The van der Waals surface area contributed by atoms with Crippen LogP contribution in [0.2, 0.25) is 0 Å². The first-order valence-corrected chi connectivity index (χ1v) is 8.63. The third kappa shape index (κ3) is 3.80. The first-order chi connectivity index (χ1) is 11.5. The Balaban J connectivity index is 1.79. The second-order valence-corrected chi connectivity index (χ2v) is 7.17. The van der Waals surface area contributed by atoms with Crippen LogP contribution in [0.3, 0.4) is 0 Å². The summed E-state index contributed by atoms with van der Waals surface area (Å²) < 4.78 is 0. The summed E-state index contributed by atoms with van der Waals surface area (Å²) in [4.78, 5) is 27.4. The predicted octanol–water partition coefficient (Wildman–Crippen LogP) is 2.40. The van der Waals surface area contributed by atoms with E-state index in [1.165, 1.54) is 0 Å². The molecule has 1 fully saturated rings. The number of rotatable bonds is 4. The molecular weight excluding hydrogens is 302 g/mol. The lowest BCUT2D eigenvalue weighted by Crippen LogP contribution is -2.50. The molecule has 128 valence electrons. The summed E-state index contributed by atoms with van der Waals surface area (Å²) in [5.41, 5.74) is 2.53. The Morgan fingerprint density at radius 3 is 2.79 bits per heavy atom. The lowest BCUT2D eigenvalue weighted by atomic mass is 9.95. The van der Waals surface area contributed by atoms with Crippen molar-refractivity contribution in [1.82, 2.24) is 20.3 Å². The molecule has 1 amide bonds. The molecule has 6 nitrogen and oxygen atoms in total. The van der Waals surface area contributed by atoms with Crippen molar-refractivity contribution in [2.24, 2.45) is 11.8 Å². The number of nitrogens with one attached hydrogen (secondary N) is 1. The largest absolute Gasteiger partial charge is 0.367 e. The van der Waals surface area contributed by atoms with Gasteiger partial charge in [0.05, 0.1) is 5.69 Å². The minimum atomic E-state index is 0.142. The van der Waals surface area contributed by atoms with Gasteiger partial charge in [-0.25, -0.2) is 15.0 Å². The van der Waals surface area contributed by atoms with E-state index in [9.17, 15) is 4.79 Å². The quantitative estimate of drug-likeness (QED) is 0.934. The zero-order valence-corrected chi connectivity index (χ0v) is 14.6. The number of fused-ring (bicyclic) bond motifs is 1. The number of nitrogens with zero attached hydrogens (tertiary/aromatic N) is 4. The van der Waals surface area contributed by atoms with E-state index in [-0.39, 0.29) is 11.9 Å². The van der Waals surface area contributed by atoms with Gasteiger partial charge < -0.3 is 10.2 Å². The van der Waals surface area contributed by atoms with Crippen LogP contribution in [0, 0.1) is 11.8 Å². The second-order valence-electron chi connectivity index (χ2n) is 7.17. The molecule has 1 N–H and O–H groups in total. The van der Waals surface area contributed by atoms with E-state index in [0.29, 0.717) is 23.9 Å². The smallest absolute Gasteiger partial charge is 0.220 e. The van der Waals surface area contributed by atoms with Crippen LogP contribution in [0.1, 0.15) is 33.6 Å². The molecule has 2 unspecified atom stereocenters. The van der Waals surface area contributed by atoms with Crippen molar-refractivity contribution in [2.75, 3.05) is 18.0 Å². The van der Waals surface area contributed by atoms with Crippen molar-refractivity contribution < 1.29 is 4.79 Å². The first kappa shape index (κ1) is 16.6. The Morgan fingerprint density at radius 1 is 1.25 bits per heavy atom. The molecule has 0 bridgehead atoms. The van der Waals surface area contributed by atoms with Gasteiger partial charge in [-0.2, -0.15) is 0 Å². The number of piperidine rings is 1. The molecule has 0 aromatic carbocycles. The van der Waals surface area contributed by atoms with Gasteiger partial charge in [-0.3, -0.25) is 4.79 Å². The molecule has 24 heavy (non-hydrogen) atoms. The molecule has 3 rings (SSSR count). The molecule has 0 saturated carbocycles. The van der Waals surface area contributed by atoms with Crippen LogP contribution < -0.4 is 10.2 Å². The molecule has 2 atom stereocenters. The zero-order valence-electron chi connectivity index (χ0n) is 14.6. The van der Waals surface area contributed by atoms with Gasteiger partial charge in [0.25, 0.3) is 0 Å². The summed E-state index contributed by atoms with van der Waals surface area (Å²) in [6.45, 7) is 8.10. The van der Waals surface area contributed by atoms with Gasteiger partial charge in [0, 0.05) is 44.1 Å². The van der Waals surface area contributed by atoms with Crippen molar-refractivity contribution in [3.63, 3.8) is 0 Å². The maximum Gasteiger partial charge on any atom is 0.220 e. The van der Waals surface area contributed by atoms with Crippen molar-refractivity contribution >= 4 is 22.8 Å². The van der Waals surface area contributed by atoms with Gasteiger partial charge in [-0.1, -0.05) is 20.8 Å². The molecule has 2 aromatic heterocycles. The van der Waals surface area contributed by atoms with Crippen molar-refractivity contribution in [1.29, 1.82) is 0 Å². The van der Waals surface area contributed by atoms with Gasteiger partial charge in [0.1, 0.15) is 5.52 Å². The molecule has 2 aromatic rings. The summed E-state index contributed by atoms with van der Waals surface area (Å²) >= 11 is 0. The standard InChI is InChI=1S/C18H25N5O/c1-12(2)8-16(24)22-14-9-13(3)10-23(11-14)15-4-5-20-18-17(15)19-6-7-21-18/h4-7,12-14H,8-11H2,1-3H3,(H,22,24). The highest BCUT2D eigenvalue weighted by Gasteiger charge is 2.27. The second kappa shape index (κ2) is 7.11. The monoisotopic (exact) mass is 327 g/mol. The Morgan fingerprint density at radius 2 is 2.00 bits per heavy atom. The highest BCUT2D eigenvalue weighted by Crippen LogP contribution is 2.27. The van der Waals surface area contributed by atoms with Crippen LogP contribution in [-0.2, 0) is 4.79 Å². The molecular formula is C18H25N5O. The van der Waals surface area contributed by atoms with E-state index in [2.05, 4.69) is 45.9 Å². The number of carbonyl (C=O) groups is 1. The van der Waals surface area contributed by atoms with Crippen LogP contribution in [0.4, 0.5) is 5.69 Å². The lowest BCUT2D eigenvalue weighted by Gasteiger charge is -2.38. The minimum Gasteiger partial charge on any atom is -0.367 e. The average Bonchev–Trinajstić information content (AvgIpc) is 2.53. The lowest BCUT2D eigenvalue weighted by molar-refractivity contribution is -0.122. The fraction of sp³-hybridized carbons (Fsp3) is 0.556. The van der Waals surface area contributed by atoms with E-state index in [4.69, 9.17) is 0 Å². The first-order valence-electron chi connectivity index (χ1n) is 8.63. The van der Waals surface area contributed by atoms with Crippen LogP contribution in [0.15, 0.2) is 24.7 Å². The molecule has 0 spiro atoms. The van der Waals surface area contributed by atoms with E-state index < -0.39 is 0 Å². The van der Waals surface area contributed by atoms with E-state index in [1.54, 1.807) is 18.6 Å². The fourth-order valence-corrected chi connectivity index (χ4v) is 3.43. The third-order valence-corrected chi connectivity index (χ3v) is 4.31. The Bertz CT molecular complexity index is 712. The summed E-state index contributed by atoms with van der Waals surface area (Å²) in [6, 6.07) is 2.15. The van der Waals surface area contributed by atoms with E-state index in [1.807, 2.05) is 6.07 Å². The van der Waals surface area contributed by atoms with Gasteiger partial charge in [0.15, 0.2) is 5.65 Å². The Hall–Kier alpha value is -2.24. The molecule has 6 heteroatoms. The maximum atomic E-state index is 12.1. The molecule has 1 saturated heterocycles. The number of pyridine rings is 1. The van der Waals surface area contributed by atoms with E-state index in [0.717, 1.165) is 30.7 Å². The SMILES string of the molecule is CC(C)CC(=O)NC1CC(C)CN(c2ccnc3nccnc23)C1. The summed E-state index contributed by atoms with van der Waals surface area (Å²) in [6.07, 6.45) is 6.72. The number of hydrogen-bond acceptors (Lipinski definition) is 5. The fourth-order valence-electron chi connectivity index (χ4n) is 3.43. The van der Waals surface area contributed by atoms with Gasteiger partial charge in [-0.05, 0) is 24.3 Å². The van der Waals surface area contributed by atoms with Crippen LogP contribution in [0.25, 0.3) is 11.2 Å². The number of amides is 1. The van der Waals surface area contributed by atoms with Crippen molar-refractivity contribution in [2.45, 2.75) is 39.7 Å². The van der Waals surface area contributed by atoms with Gasteiger partial charge >= 0.3 is 0 Å². The molecule has 1 aliphatic heterocycles. The topological polar surface area (TPSA) is 71.0 Å². The Labute approximate surface area is 142 Å². The molecule has 0 aliphatic carbocycles. The molecule has 3 heterocycles.